The zero-order valence-corrected chi connectivity index (χ0v) is 8.78. The van der Waals surface area contributed by atoms with Crippen LogP contribution in [0.4, 0.5) is 0 Å². The third-order valence-corrected chi connectivity index (χ3v) is 2.53. The van der Waals surface area contributed by atoms with Gasteiger partial charge in [0.2, 0.25) is 0 Å². The topological polar surface area (TPSA) is 25.2 Å². The van der Waals surface area contributed by atoms with Gasteiger partial charge in [-0.3, -0.25) is 0 Å². The zero-order chi connectivity index (χ0) is 10.3. The Kier molecular flexibility index (Phi) is 1.99. The molecule has 1 aromatic carbocycles. The van der Waals surface area contributed by atoms with Crippen LogP contribution in [0.15, 0.2) is 24.5 Å². The lowest BCUT2D eigenvalue weighted by Gasteiger charge is -2.07. The van der Waals surface area contributed by atoms with Crippen molar-refractivity contribution in [2.75, 3.05) is 0 Å². The standard InChI is InChI=1S/C12H15NO/c1-8(2)11-5-10(14)4-9-6-13(3)7-12(9)11/h4-8,14H,1-3H3. The lowest BCUT2D eigenvalue weighted by atomic mass is 9.98. The molecule has 2 rings (SSSR count). The average molecular weight is 189 g/mol. The molecule has 0 amide bonds. The number of aromatic nitrogens is 1. The van der Waals surface area contributed by atoms with Crippen molar-refractivity contribution in [3.8, 4) is 5.75 Å². The Labute approximate surface area is 83.8 Å². The van der Waals surface area contributed by atoms with Crippen molar-refractivity contribution >= 4 is 10.8 Å². The summed E-state index contributed by atoms with van der Waals surface area (Å²) in [6, 6.07) is 3.66. The van der Waals surface area contributed by atoms with Crippen LogP contribution in [-0.4, -0.2) is 9.67 Å². The number of rotatable bonds is 1. The highest BCUT2D eigenvalue weighted by atomic mass is 16.3. The lowest BCUT2D eigenvalue weighted by molar-refractivity contribution is 0.475. The molecule has 0 aliphatic carbocycles. The molecule has 14 heavy (non-hydrogen) atoms. The van der Waals surface area contributed by atoms with Crippen molar-refractivity contribution < 1.29 is 5.11 Å². The second kappa shape index (κ2) is 3.05. The number of aryl methyl sites for hydroxylation is 1. The van der Waals surface area contributed by atoms with Crippen molar-refractivity contribution in [1.82, 2.24) is 4.57 Å². The fourth-order valence-corrected chi connectivity index (χ4v) is 1.88. The first-order chi connectivity index (χ1) is 6.58. The van der Waals surface area contributed by atoms with Crippen LogP contribution in [0.25, 0.3) is 10.8 Å². The van der Waals surface area contributed by atoms with Crippen LogP contribution in [0.5, 0.6) is 5.75 Å². The number of phenols is 1. The third kappa shape index (κ3) is 1.37. The Bertz CT molecular complexity index is 468. The minimum absolute atomic E-state index is 0.354. The molecule has 0 fully saturated rings. The van der Waals surface area contributed by atoms with E-state index in [4.69, 9.17) is 0 Å². The number of phenolic OH excluding ortho intramolecular Hbond substituents is 1. The van der Waals surface area contributed by atoms with Crippen molar-refractivity contribution in [3.05, 3.63) is 30.1 Å². The van der Waals surface area contributed by atoms with E-state index in [2.05, 4.69) is 20.0 Å². The van der Waals surface area contributed by atoms with Crippen molar-refractivity contribution in [1.29, 1.82) is 0 Å². The quantitative estimate of drug-likeness (QED) is 0.733. The summed E-state index contributed by atoms with van der Waals surface area (Å²) in [5.41, 5.74) is 1.21. The van der Waals surface area contributed by atoms with Gasteiger partial charge in [0.15, 0.2) is 0 Å². The maximum absolute atomic E-state index is 9.56. The summed E-state index contributed by atoms with van der Waals surface area (Å²) < 4.78 is 2.02. The fourth-order valence-electron chi connectivity index (χ4n) is 1.88. The number of hydrogen-bond donors (Lipinski definition) is 1. The van der Waals surface area contributed by atoms with Gasteiger partial charge in [0.05, 0.1) is 0 Å². The van der Waals surface area contributed by atoms with E-state index in [9.17, 15) is 5.11 Å². The van der Waals surface area contributed by atoms with E-state index < -0.39 is 0 Å². The number of nitrogens with zero attached hydrogens (tertiary/aromatic N) is 1. The van der Waals surface area contributed by atoms with Gasteiger partial charge in [0.25, 0.3) is 0 Å². The van der Waals surface area contributed by atoms with E-state index >= 15 is 0 Å². The van der Waals surface area contributed by atoms with E-state index in [1.54, 1.807) is 6.07 Å². The van der Waals surface area contributed by atoms with E-state index in [1.807, 2.05) is 23.9 Å². The molecule has 2 nitrogen and oxygen atoms in total. The minimum atomic E-state index is 0.354. The molecule has 0 spiro atoms. The number of fused-ring (bicyclic) bond motifs is 1. The highest BCUT2D eigenvalue weighted by Crippen LogP contribution is 2.30. The summed E-state index contributed by atoms with van der Waals surface area (Å²) >= 11 is 0. The monoisotopic (exact) mass is 189 g/mol. The first-order valence-corrected chi connectivity index (χ1v) is 4.86. The summed E-state index contributed by atoms with van der Waals surface area (Å²) in [6.45, 7) is 4.28. The Hall–Kier alpha value is -1.44. The second-order valence-electron chi connectivity index (χ2n) is 4.12. The average Bonchev–Trinajstić information content (AvgIpc) is 2.42. The molecule has 74 valence electrons. The van der Waals surface area contributed by atoms with Crippen LogP contribution in [-0.2, 0) is 7.05 Å². The summed E-state index contributed by atoms with van der Waals surface area (Å²) in [4.78, 5) is 0. The maximum Gasteiger partial charge on any atom is 0.116 e. The molecule has 0 aliphatic heterocycles. The van der Waals surface area contributed by atoms with Gasteiger partial charge in [-0.15, -0.1) is 0 Å². The first kappa shape index (κ1) is 9.13. The Morgan fingerprint density at radius 2 is 1.93 bits per heavy atom. The zero-order valence-electron chi connectivity index (χ0n) is 8.78. The molecule has 0 bridgehead atoms. The van der Waals surface area contributed by atoms with Gasteiger partial charge in [-0.1, -0.05) is 13.8 Å². The van der Waals surface area contributed by atoms with E-state index in [-0.39, 0.29) is 0 Å². The Balaban J connectivity index is 2.79. The summed E-state index contributed by atoms with van der Waals surface area (Å²) in [5, 5.41) is 11.9. The van der Waals surface area contributed by atoms with Crippen LogP contribution in [0.2, 0.25) is 0 Å². The molecule has 0 atom stereocenters. The minimum Gasteiger partial charge on any atom is -0.508 e. The molecular formula is C12H15NO. The molecule has 2 heteroatoms. The molecule has 1 aromatic heterocycles. The van der Waals surface area contributed by atoms with E-state index in [1.165, 1.54) is 10.9 Å². The van der Waals surface area contributed by atoms with Gasteiger partial charge < -0.3 is 9.67 Å². The maximum atomic E-state index is 9.56. The fraction of sp³-hybridized carbons (Fsp3) is 0.333. The predicted molar refractivity (Wildman–Crippen MR) is 58.7 cm³/mol. The number of benzene rings is 1. The van der Waals surface area contributed by atoms with E-state index in [0.717, 1.165) is 5.39 Å². The molecule has 2 aromatic rings. The molecule has 0 unspecified atom stereocenters. The highest BCUT2D eigenvalue weighted by molar-refractivity contribution is 5.87. The van der Waals surface area contributed by atoms with Crippen LogP contribution in [0.1, 0.15) is 25.3 Å². The van der Waals surface area contributed by atoms with Gasteiger partial charge in [0, 0.05) is 30.2 Å². The molecule has 0 aliphatic rings. The number of hydrogen-bond acceptors (Lipinski definition) is 1. The Morgan fingerprint density at radius 3 is 2.57 bits per heavy atom. The first-order valence-electron chi connectivity index (χ1n) is 4.86. The number of aromatic hydroxyl groups is 1. The predicted octanol–water partition coefficient (Wildman–Crippen LogP) is 3.01. The second-order valence-corrected chi connectivity index (χ2v) is 4.12. The van der Waals surface area contributed by atoms with Crippen LogP contribution < -0.4 is 0 Å². The van der Waals surface area contributed by atoms with Crippen LogP contribution in [0.3, 0.4) is 0 Å². The highest BCUT2D eigenvalue weighted by Gasteiger charge is 2.08. The normalized spacial score (nSPS) is 11.4. The summed E-state index contributed by atoms with van der Waals surface area (Å²) in [5.74, 6) is 0.791. The van der Waals surface area contributed by atoms with Crippen LogP contribution in [0, 0.1) is 0 Å². The lowest BCUT2D eigenvalue weighted by Crippen LogP contribution is -1.87. The van der Waals surface area contributed by atoms with Crippen molar-refractivity contribution in [2.45, 2.75) is 19.8 Å². The molecule has 0 radical (unpaired) electrons. The van der Waals surface area contributed by atoms with E-state index in [0.29, 0.717) is 11.7 Å². The molecule has 1 heterocycles. The largest absolute Gasteiger partial charge is 0.508 e. The van der Waals surface area contributed by atoms with Gasteiger partial charge in [-0.25, -0.2) is 0 Å². The van der Waals surface area contributed by atoms with Crippen molar-refractivity contribution in [3.63, 3.8) is 0 Å². The molecule has 1 N–H and O–H groups in total. The van der Waals surface area contributed by atoms with Gasteiger partial charge >= 0.3 is 0 Å². The molecule has 0 saturated carbocycles. The Morgan fingerprint density at radius 1 is 1.21 bits per heavy atom. The van der Waals surface area contributed by atoms with Crippen molar-refractivity contribution in [2.24, 2.45) is 7.05 Å². The third-order valence-electron chi connectivity index (χ3n) is 2.53. The van der Waals surface area contributed by atoms with Gasteiger partial charge in [-0.2, -0.15) is 0 Å². The summed E-state index contributed by atoms with van der Waals surface area (Å²) in [6.07, 6.45) is 4.13. The van der Waals surface area contributed by atoms with Gasteiger partial charge in [0.1, 0.15) is 5.75 Å². The molecule has 0 saturated heterocycles. The smallest absolute Gasteiger partial charge is 0.116 e. The van der Waals surface area contributed by atoms with Gasteiger partial charge in [-0.05, 0) is 23.6 Å². The SMILES string of the molecule is CC(C)c1cc(O)cc2cn(C)cc12. The molecular weight excluding hydrogens is 174 g/mol. The van der Waals surface area contributed by atoms with Crippen LogP contribution >= 0.6 is 0 Å². The summed E-state index contributed by atoms with van der Waals surface area (Å²) in [7, 11) is 2.00.